The number of likely N-dealkylation sites (tertiary alicyclic amines) is 1. The molecule has 2 aromatic carbocycles. The molecule has 1 aliphatic rings. The molecule has 3 rings (SSSR count). The van der Waals surface area contributed by atoms with Gasteiger partial charge in [0.1, 0.15) is 5.75 Å². The number of aliphatic hydroxyl groups excluding tert-OH is 2. The molecular weight excluding hydrogens is 482 g/mol. The van der Waals surface area contributed by atoms with Crippen LogP contribution in [0.25, 0.3) is 0 Å². The number of nitrogen functional groups attached to an aromatic ring is 1. The van der Waals surface area contributed by atoms with Crippen molar-refractivity contribution in [3.8, 4) is 5.75 Å². The second-order valence-corrected chi connectivity index (χ2v) is 9.06. The summed E-state index contributed by atoms with van der Waals surface area (Å²) in [7, 11) is 2.19. The number of benzene rings is 2. The lowest BCUT2D eigenvalue weighted by molar-refractivity contribution is -0.165. The fraction of sp³-hybridized carbons (Fsp3) is 0.423. The summed E-state index contributed by atoms with van der Waals surface area (Å²) in [6.07, 6.45) is -0.345. The summed E-state index contributed by atoms with van der Waals surface area (Å²) < 4.78 is 5.53. The number of rotatable bonds is 7. The molecule has 0 radical (unpaired) electrons. The van der Waals surface area contributed by atoms with Gasteiger partial charge in [0.05, 0.1) is 0 Å². The number of carboxylic acid groups (broad SMARTS) is 2. The predicted molar refractivity (Wildman–Crippen MR) is 138 cm³/mol. The molecule has 1 aliphatic heterocycles. The Hall–Kier alpha value is -3.67. The second-order valence-electron chi connectivity index (χ2n) is 9.06. The van der Waals surface area contributed by atoms with Crippen molar-refractivity contribution in [1.29, 1.82) is 0 Å². The van der Waals surface area contributed by atoms with Crippen LogP contribution in [0.5, 0.6) is 5.75 Å². The number of anilines is 2. The number of aliphatic carboxylic acids is 2. The van der Waals surface area contributed by atoms with E-state index in [2.05, 4.69) is 30.3 Å². The van der Waals surface area contributed by atoms with Crippen LogP contribution in [0, 0.1) is 0 Å². The van der Waals surface area contributed by atoms with Crippen molar-refractivity contribution >= 4 is 29.4 Å². The minimum absolute atomic E-state index is 0.109. The maximum atomic E-state index is 12.2. The molecule has 0 saturated carbocycles. The number of aliphatic hydroxyl groups is 2. The summed E-state index contributed by atoms with van der Waals surface area (Å²) in [6.45, 7) is 4.42. The van der Waals surface area contributed by atoms with Crippen LogP contribution in [0.4, 0.5) is 16.2 Å². The molecule has 11 heteroatoms. The number of nitrogens with one attached hydrogen (secondary N) is 1. The van der Waals surface area contributed by atoms with Gasteiger partial charge in [0.25, 0.3) is 0 Å². The highest BCUT2D eigenvalue weighted by molar-refractivity contribution is 5.86. The largest absolute Gasteiger partial charge is 0.479 e. The molecule has 1 fully saturated rings. The van der Waals surface area contributed by atoms with Gasteiger partial charge in [0.2, 0.25) is 0 Å². The number of likely N-dealkylation sites (N-methyl/N-ethyl adjacent to an activating group) is 1. The Balaban J connectivity index is 0.000000410. The average Bonchev–Trinajstić information content (AvgIpc) is 3.06. The van der Waals surface area contributed by atoms with Gasteiger partial charge in [0.15, 0.2) is 12.2 Å². The van der Waals surface area contributed by atoms with Crippen LogP contribution in [0.2, 0.25) is 0 Å². The van der Waals surface area contributed by atoms with Crippen LogP contribution in [-0.4, -0.2) is 75.7 Å². The van der Waals surface area contributed by atoms with Gasteiger partial charge in [-0.15, -0.1) is 0 Å². The van der Waals surface area contributed by atoms with E-state index in [9.17, 15) is 14.4 Å². The summed E-state index contributed by atoms with van der Waals surface area (Å²) in [5.74, 6) is -2.97. The zero-order valence-corrected chi connectivity index (χ0v) is 21.0. The SMILES string of the molecule is CCC1(c2cccc(OC(=O)Nc3ccc(N)cc3)c2)CCCCN(C)C1.O=C(O)[C@H](O)[C@@H](O)C(=O)O. The van der Waals surface area contributed by atoms with Crippen LogP contribution in [-0.2, 0) is 15.0 Å². The monoisotopic (exact) mass is 517 g/mol. The Morgan fingerprint density at radius 3 is 2.24 bits per heavy atom. The van der Waals surface area contributed by atoms with E-state index < -0.39 is 30.2 Å². The fourth-order valence-corrected chi connectivity index (χ4v) is 4.22. The third kappa shape index (κ3) is 8.74. The maximum absolute atomic E-state index is 12.2. The fourth-order valence-electron chi connectivity index (χ4n) is 4.22. The van der Waals surface area contributed by atoms with E-state index in [1.807, 2.05) is 18.2 Å². The molecule has 0 aliphatic carbocycles. The Morgan fingerprint density at radius 2 is 1.68 bits per heavy atom. The van der Waals surface area contributed by atoms with Crippen LogP contribution >= 0.6 is 0 Å². The van der Waals surface area contributed by atoms with Crippen molar-refractivity contribution < 1.29 is 39.5 Å². The van der Waals surface area contributed by atoms with Gasteiger partial charge in [-0.05, 0) is 74.8 Å². The van der Waals surface area contributed by atoms with Gasteiger partial charge in [-0.1, -0.05) is 25.5 Å². The topological polar surface area (TPSA) is 183 Å². The molecule has 7 N–H and O–H groups in total. The Morgan fingerprint density at radius 1 is 1.05 bits per heavy atom. The number of ether oxygens (including phenoxy) is 1. The molecular formula is C26H35N3O8. The average molecular weight is 518 g/mol. The van der Waals surface area contributed by atoms with E-state index in [4.69, 9.17) is 30.9 Å². The smallest absolute Gasteiger partial charge is 0.417 e. The molecule has 1 amide bonds. The summed E-state index contributed by atoms with van der Waals surface area (Å²) in [6, 6.07) is 15.0. The molecule has 202 valence electrons. The number of hydrogen-bond acceptors (Lipinski definition) is 8. The first-order valence-corrected chi connectivity index (χ1v) is 11.9. The first-order chi connectivity index (χ1) is 17.5. The highest BCUT2D eigenvalue weighted by atomic mass is 16.6. The summed E-state index contributed by atoms with van der Waals surface area (Å²) in [5.41, 5.74) is 8.33. The molecule has 0 bridgehead atoms. The predicted octanol–water partition coefficient (Wildman–Crippen LogP) is 2.52. The number of carbonyl (C=O) groups excluding carboxylic acids is 1. The number of amides is 1. The molecule has 0 aromatic heterocycles. The van der Waals surface area contributed by atoms with E-state index >= 15 is 0 Å². The molecule has 1 heterocycles. The zero-order valence-electron chi connectivity index (χ0n) is 21.0. The van der Waals surface area contributed by atoms with Crippen molar-refractivity contribution in [2.45, 2.75) is 50.2 Å². The maximum Gasteiger partial charge on any atom is 0.417 e. The number of carbonyl (C=O) groups is 3. The first kappa shape index (κ1) is 29.6. The van der Waals surface area contributed by atoms with Crippen molar-refractivity contribution in [3.63, 3.8) is 0 Å². The molecule has 11 nitrogen and oxygen atoms in total. The van der Waals surface area contributed by atoms with E-state index in [1.54, 1.807) is 24.3 Å². The number of carboxylic acids is 2. The lowest BCUT2D eigenvalue weighted by Crippen LogP contribution is -2.39. The lowest BCUT2D eigenvalue weighted by atomic mass is 9.74. The van der Waals surface area contributed by atoms with E-state index in [0.717, 1.165) is 25.9 Å². The van der Waals surface area contributed by atoms with Crippen LogP contribution in [0.1, 0.15) is 38.2 Å². The van der Waals surface area contributed by atoms with Crippen LogP contribution in [0.15, 0.2) is 48.5 Å². The Kier molecular flexibility index (Phi) is 10.9. The van der Waals surface area contributed by atoms with Crippen molar-refractivity contribution in [2.75, 3.05) is 31.2 Å². The molecule has 3 atom stereocenters. The third-order valence-corrected chi connectivity index (χ3v) is 6.31. The van der Waals surface area contributed by atoms with Gasteiger partial charge < -0.3 is 35.8 Å². The highest BCUT2D eigenvalue weighted by Crippen LogP contribution is 2.37. The molecule has 1 unspecified atom stereocenters. The minimum atomic E-state index is -2.27. The normalized spacial score (nSPS) is 19.4. The van der Waals surface area contributed by atoms with E-state index in [0.29, 0.717) is 17.1 Å². The minimum Gasteiger partial charge on any atom is -0.479 e. The molecule has 1 saturated heterocycles. The van der Waals surface area contributed by atoms with Crippen LogP contribution < -0.4 is 15.8 Å². The van der Waals surface area contributed by atoms with Gasteiger partial charge in [-0.2, -0.15) is 0 Å². The Labute approximate surface area is 215 Å². The van der Waals surface area contributed by atoms with Gasteiger partial charge in [-0.3, -0.25) is 5.32 Å². The van der Waals surface area contributed by atoms with Crippen molar-refractivity contribution in [2.24, 2.45) is 0 Å². The van der Waals surface area contributed by atoms with Crippen molar-refractivity contribution in [3.05, 3.63) is 54.1 Å². The summed E-state index contributed by atoms with van der Waals surface area (Å²) >= 11 is 0. The number of nitrogens with zero attached hydrogens (tertiary/aromatic N) is 1. The zero-order chi connectivity index (χ0) is 27.6. The second kappa shape index (κ2) is 13.6. The van der Waals surface area contributed by atoms with E-state index in [1.165, 1.54) is 18.4 Å². The van der Waals surface area contributed by atoms with Crippen molar-refractivity contribution in [1.82, 2.24) is 4.90 Å². The van der Waals surface area contributed by atoms with Gasteiger partial charge in [-0.25, -0.2) is 14.4 Å². The van der Waals surface area contributed by atoms with Gasteiger partial charge >= 0.3 is 18.0 Å². The molecule has 2 aromatic rings. The summed E-state index contributed by atoms with van der Waals surface area (Å²) in [4.78, 5) is 34.2. The quantitative estimate of drug-likeness (QED) is 0.298. The number of nitrogens with two attached hydrogens (primary N) is 1. The highest BCUT2D eigenvalue weighted by Gasteiger charge is 2.33. The standard InChI is InChI=1S/C22H29N3O2.C4H6O6/c1-3-22(13-4-5-14-25(2)16-22)17-7-6-8-20(15-17)27-21(26)24-19-11-9-18(23)10-12-19;5-1(3(7)8)2(6)4(9)10/h6-12,15H,3-5,13-14,16,23H2,1-2H3,(H,24,26);1-2,5-6H,(H,7,8)(H,9,10)/t;1-,2-/m.1/s1. The summed E-state index contributed by atoms with van der Waals surface area (Å²) in [5, 5.41) is 35.3. The lowest BCUT2D eigenvalue weighted by Gasteiger charge is -2.35. The Bertz CT molecular complexity index is 1040. The molecule has 0 spiro atoms. The van der Waals surface area contributed by atoms with Gasteiger partial charge in [0, 0.05) is 23.3 Å². The van der Waals surface area contributed by atoms with Crippen LogP contribution in [0.3, 0.4) is 0 Å². The number of hydrogen-bond donors (Lipinski definition) is 6. The third-order valence-electron chi connectivity index (χ3n) is 6.31. The molecule has 37 heavy (non-hydrogen) atoms. The van der Waals surface area contributed by atoms with E-state index in [-0.39, 0.29) is 5.41 Å². The first-order valence-electron chi connectivity index (χ1n) is 11.9.